The molecule has 52 valence electrons. The summed E-state index contributed by atoms with van der Waals surface area (Å²) in [4.78, 5) is 0. The van der Waals surface area contributed by atoms with Crippen LogP contribution in [-0.2, 0) is 0 Å². The summed E-state index contributed by atoms with van der Waals surface area (Å²) in [6.45, 7) is 0. The minimum atomic E-state index is 1.36. The van der Waals surface area contributed by atoms with Crippen molar-refractivity contribution in [2.24, 2.45) is 0 Å². The maximum atomic E-state index is 2.46. The van der Waals surface area contributed by atoms with Gasteiger partial charge in [0.15, 0.2) is 0 Å². The zero-order chi connectivity index (χ0) is 6.53. The number of hydrogen-bond donors (Lipinski definition) is 0. The molecule has 0 unspecified atom stereocenters. The number of hydrogen-bond acceptors (Lipinski definition) is 0. The highest BCUT2D eigenvalue weighted by atomic mass is 28.1. The van der Waals surface area contributed by atoms with Gasteiger partial charge in [-0.1, -0.05) is 24.1 Å². The van der Waals surface area contributed by atoms with E-state index in [1.807, 2.05) is 0 Å². The third kappa shape index (κ3) is 2.35. The average molecular weight is 140 g/mol. The Bertz CT molecular complexity index is 99.1. The molecule has 0 nitrogen and oxygen atoms in total. The van der Waals surface area contributed by atoms with Gasteiger partial charge in [-0.3, -0.25) is 0 Å². The lowest BCUT2D eigenvalue weighted by Gasteiger charge is -2.15. The Morgan fingerprint density at radius 3 is 2.67 bits per heavy atom. The number of allylic oxidation sites excluding steroid dienone is 2. The van der Waals surface area contributed by atoms with Crippen LogP contribution < -0.4 is 0 Å². The highest BCUT2D eigenvalue weighted by Crippen LogP contribution is 2.25. The van der Waals surface area contributed by atoms with Crippen LogP contribution in [-0.4, -0.2) is 10.2 Å². The molecule has 0 aromatic heterocycles. The van der Waals surface area contributed by atoms with Gasteiger partial charge in [-0.2, -0.15) is 0 Å². The normalized spacial score (nSPS) is 17.6. The van der Waals surface area contributed by atoms with Gasteiger partial charge in [0, 0.05) is 10.2 Å². The minimum Gasteiger partial charge on any atom is -0.0853 e. The molecule has 0 N–H and O–H groups in total. The fraction of sp³-hybridized carbons (Fsp3) is 0.750. The smallest absolute Gasteiger partial charge is 0.00281 e. The summed E-state index contributed by atoms with van der Waals surface area (Å²) in [5, 5.41) is 0. The summed E-state index contributed by atoms with van der Waals surface area (Å²) < 4.78 is 0. The first kappa shape index (κ1) is 7.07. The molecule has 9 heavy (non-hydrogen) atoms. The molecule has 0 bridgehead atoms. The van der Waals surface area contributed by atoms with Gasteiger partial charge < -0.3 is 0 Å². The van der Waals surface area contributed by atoms with Crippen molar-refractivity contribution in [1.82, 2.24) is 0 Å². The van der Waals surface area contributed by atoms with Crippen LogP contribution in [0.1, 0.15) is 32.1 Å². The lowest BCUT2D eigenvalue weighted by atomic mass is 9.91. The van der Waals surface area contributed by atoms with Crippen LogP contribution in [0.2, 0.25) is 6.04 Å². The summed E-state index contributed by atoms with van der Waals surface area (Å²) >= 11 is 0. The molecule has 0 saturated heterocycles. The van der Waals surface area contributed by atoms with Gasteiger partial charge in [0.2, 0.25) is 0 Å². The van der Waals surface area contributed by atoms with Gasteiger partial charge in [0.25, 0.3) is 0 Å². The van der Waals surface area contributed by atoms with E-state index in [1.165, 1.54) is 48.4 Å². The molecule has 1 heteroatoms. The molecule has 0 amide bonds. The predicted molar refractivity (Wildman–Crippen MR) is 45.9 cm³/mol. The first-order valence-electron chi connectivity index (χ1n) is 4.11. The molecular weight excluding hydrogens is 124 g/mol. The zero-order valence-electron chi connectivity index (χ0n) is 6.32. The minimum absolute atomic E-state index is 1.36. The summed E-state index contributed by atoms with van der Waals surface area (Å²) in [6, 6.07) is 1.48. The van der Waals surface area contributed by atoms with E-state index in [9.17, 15) is 0 Å². The quantitative estimate of drug-likeness (QED) is 0.318. The van der Waals surface area contributed by atoms with E-state index in [1.54, 1.807) is 5.57 Å². The van der Waals surface area contributed by atoms with Crippen molar-refractivity contribution in [2.75, 3.05) is 0 Å². The van der Waals surface area contributed by atoms with Crippen LogP contribution in [0.15, 0.2) is 11.6 Å². The van der Waals surface area contributed by atoms with Gasteiger partial charge in [0.05, 0.1) is 0 Å². The first-order chi connectivity index (χ1) is 4.43. The molecule has 0 spiro atoms. The molecule has 0 heterocycles. The molecule has 0 aromatic carbocycles. The van der Waals surface area contributed by atoms with E-state index in [4.69, 9.17) is 0 Å². The average Bonchev–Trinajstić information content (AvgIpc) is 1.76. The van der Waals surface area contributed by atoms with Crippen LogP contribution >= 0.6 is 0 Å². The molecule has 1 rings (SSSR count). The van der Waals surface area contributed by atoms with Gasteiger partial charge >= 0.3 is 0 Å². The second-order valence-electron chi connectivity index (χ2n) is 2.86. The van der Waals surface area contributed by atoms with Gasteiger partial charge in [-0.05, 0) is 25.7 Å². The highest BCUT2D eigenvalue weighted by Gasteiger charge is 2.05. The molecular formula is C8H16Si. The second kappa shape index (κ2) is 3.88. The number of rotatable bonds is 3. The monoisotopic (exact) mass is 140 g/mol. The Kier molecular flexibility index (Phi) is 3.05. The Labute approximate surface area is 60.8 Å². The third-order valence-electron chi connectivity index (χ3n) is 1.99. The van der Waals surface area contributed by atoms with E-state index in [-0.39, 0.29) is 0 Å². The van der Waals surface area contributed by atoms with Crippen LogP contribution in [0.3, 0.4) is 0 Å². The Morgan fingerprint density at radius 2 is 2.22 bits per heavy atom. The Morgan fingerprint density at radius 1 is 1.44 bits per heavy atom. The highest BCUT2D eigenvalue weighted by molar-refractivity contribution is 6.08. The Hall–Kier alpha value is -0.0431. The zero-order valence-corrected chi connectivity index (χ0v) is 8.32. The van der Waals surface area contributed by atoms with Crippen LogP contribution in [0.4, 0.5) is 0 Å². The lowest BCUT2D eigenvalue weighted by Crippen LogP contribution is -1.95. The molecule has 1 fully saturated rings. The lowest BCUT2D eigenvalue weighted by molar-refractivity contribution is 0.654. The van der Waals surface area contributed by atoms with Crippen molar-refractivity contribution >= 4 is 10.2 Å². The maximum Gasteiger partial charge on any atom is 0.00281 e. The summed E-state index contributed by atoms with van der Waals surface area (Å²) in [5.74, 6) is 0. The summed E-state index contributed by atoms with van der Waals surface area (Å²) in [7, 11) is 1.39. The molecule has 1 saturated carbocycles. The van der Waals surface area contributed by atoms with E-state index < -0.39 is 0 Å². The largest absolute Gasteiger partial charge is 0.0853 e. The fourth-order valence-corrected chi connectivity index (χ4v) is 1.50. The van der Waals surface area contributed by atoms with Crippen molar-refractivity contribution in [3.05, 3.63) is 11.6 Å². The van der Waals surface area contributed by atoms with Crippen molar-refractivity contribution in [2.45, 2.75) is 38.1 Å². The van der Waals surface area contributed by atoms with Crippen LogP contribution in [0, 0.1) is 0 Å². The molecule has 1 aliphatic rings. The van der Waals surface area contributed by atoms with Gasteiger partial charge in [-0.25, -0.2) is 0 Å². The predicted octanol–water partition coefficient (Wildman–Crippen LogP) is 1.66. The molecule has 0 aliphatic heterocycles. The van der Waals surface area contributed by atoms with Crippen molar-refractivity contribution < 1.29 is 0 Å². The van der Waals surface area contributed by atoms with Crippen molar-refractivity contribution in [3.63, 3.8) is 0 Å². The van der Waals surface area contributed by atoms with Crippen molar-refractivity contribution in [3.8, 4) is 0 Å². The third-order valence-corrected chi connectivity index (χ3v) is 2.69. The van der Waals surface area contributed by atoms with Crippen LogP contribution in [0.25, 0.3) is 0 Å². The number of unbranched alkanes of at least 4 members (excludes halogenated alkanes) is 1. The van der Waals surface area contributed by atoms with E-state index in [0.29, 0.717) is 0 Å². The van der Waals surface area contributed by atoms with Gasteiger partial charge in [-0.15, -0.1) is 0 Å². The fourth-order valence-electron chi connectivity index (χ4n) is 1.10. The molecule has 0 atom stereocenters. The van der Waals surface area contributed by atoms with E-state index >= 15 is 0 Å². The maximum absolute atomic E-state index is 2.46. The summed E-state index contributed by atoms with van der Waals surface area (Å²) in [5.41, 5.74) is 1.73. The van der Waals surface area contributed by atoms with E-state index in [2.05, 4.69) is 6.08 Å². The standard InChI is InChI=1S/C8H16Si/c9-7-2-1-4-8-5-3-6-8/h4H,1-3,5-7H2,9H3. The van der Waals surface area contributed by atoms with Crippen molar-refractivity contribution in [1.29, 1.82) is 0 Å². The summed E-state index contributed by atoms with van der Waals surface area (Å²) in [6.07, 6.45) is 9.52. The van der Waals surface area contributed by atoms with E-state index in [0.717, 1.165) is 0 Å². The SMILES string of the molecule is [SiH3]CCCC=C1CCC1. The van der Waals surface area contributed by atoms with Gasteiger partial charge in [0.1, 0.15) is 0 Å². The topological polar surface area (TPSA) is 0 Å². The molecule has 0 aromatic rings. The second-order valence-corrected chi connectivity index (χ2v) is 3.86. The Balaban J connectivity index is 2.01. The molecule has 0 radical (unpaired) electrons. The molecule has 1 aliphatic carbocycles. The van der Waals surface area contributed by atoms with Crippen LogP contribution in [0.5, 0.6) is 0 Å². The first-order valence-corrected chi connectivity index (χ1v) is 5.53.